The minimum atomic E-state index is -2.63. The molecule has 0 N–H and O–H groups in total. The number of nitrogens with zero attached hydrogens (tertiary/aromatic N) is 3. The van der Waals surface area contributed by atoms with E-state index in [2.05, 4.69) is 23.0 Å². The Kier molecular flexibility index (Phi) is 4.74. The first-order valence-electron chi connectivity index (χ1n) is 7.86. The Balaban J connectivity index is 1.93. The first-order chi connectivity index (χ1) is 11.6. The maximum Gasteiger partial charge on any atom is 0.679 e. The second kappa shape index (κ2) is 6.95. The van der Waals surface area contributed by atoms with E-state index < -0.39 is 7.40 Å². The molecule has 3 rings (SSSR count). The van der Waals surface area contributed by atoms with Crippen LogP contribution in [0.2, 0.25) is 0 Å². The van der Waals surface area contributed by atoms with E-state index >= 15 is 0 Å². The summed E-state index contributed by atoms with van der Waals surface area (Å²) in [5.74, 6) is 1.02. The van der Waals surface area contributed by atoms with Crippen molar-refractivity contribution in [1.29, 1.82) is 0 Å². The number of aliphatic imine (C=N–C) groups is 2. The van der Waals surface area contributed by atoms with Crippen LogP contribution in [0.15, 0.2) is 70.2 Å². The Morgan fingerprint density at radius 3 is 2.79 bits per heavy atom. The lowest BCUT2D eigenvalue weighted by atomic mass is 9.96. The fourth-order valence-electron chi connectivity index (χ4n) is 2.87. The summed E-state index contributed by atoms with van der Waals surface area (Å²) in [4.78, 5) is 9.56. The molecule has 0 saturated heterocycles. The summed E-state index contributed by atoms with van der Waals surface area (Å²) in [7, 11) is -1.01. The summed E-state index contributed by atoms with van der Waals surface area (Å²) >= 11 is 0. The molecule has 1 aliphatic carbocycles. The summed E-state index contributed by atoms with van der Waals surface area (Å²) in [5.41, 5.74) is 2.43. The van der Waals surface area contributed by atoms with Gasteiger partial charge in [-0.15, -0.1) is 0 Å². The molecule has 1 aromatic carbocycles. The second-order valence-electron chi connectivity index (χ2n) is 5.74. The zero-order valence-electron chi connectivity index (χ0n) is 13.7. The monoisotopic (exact) mass is 325 g/mol. The predicted octanol–water partition coefficient (Wildman–Crippen LogP) is 4.09. The molecule has 6 heteroatoms. The Morgan fingerprint density at radius 2 is 2.08 bits per heavy atom. The third kappa shape index (κ3) is 3.23. The highest BCUT2D eigenvalue weighted by molar-refractivity contribution is 6.56. The normalized spacial score (nSPS) is 23.2. The summed E-state index contributed by atoms with van der Waals surface area (Å²) in [6.45, 7) is 2.07. The first-order valence-corrected chi connectivity index (χ1v) is 7.86. The van der Waals surface area contributed by atoms with E-state index in [1.54, 1.807) is 19.2 Å². The molecule has 0 saturated carbocycles. The summed E-state index contributed by atoms with van der Waals surface area (Å²) < 4.78 is 27.0. The van der Waals surface area contributed by atoms with Crippen LogP contribution in [0.4, 0.5) is 14.3 Å². The maximum atomic E-state index is 13.5. The minimum absolute atomic E-state index is 0.249. The van der Waals surface area contributed by atoms with Gasteiger partial charge in [-0.25, -0.2) is 4.99 Å². The van der Waals surface area contributed by atoms with Crippen molar-refractivity contribution >= 4 is 24.8 Å². The van der Waals surface area contributed by atoms with Crippen molar-refractivity contribution < 1.29 is 8.63 Å². The van der Waals surface area contributed by atoms with Crippen LogP contribution < -0.4 is 4.81 Å². The Morgan fingerprint density at radius 1 is 1.29 bits per heavy atom. The Labute approximate surface area is 141 Å². The van der Waals surface area contributed by atoms with E-state index in [9.17, 15) is 8.63 Å². The van der Waals surface area contributed by atoms with Crippen molar-refractivity contribution in [2.75, 3.05) is 11.9 Å². The number of fused-ring (bicyclic) bond motifs is 1. The fraction of sp³-hybridized carbons (Fsp3) is 0.222. The highest BCUT2D eigenvalue weighted by Gasteiger charge is 2.36. The largest absolute Gasteiger partial charge is 0.679 e. The quantitative estimate of drug-likeness (QED) is 0.457. The SMILES string of the molecule is C/N=C(/C=C1/C=CC=CC1C)\N=C1\Cc2ccccc2N1B(F)F. The van der Waals surface area contributed by atoms with Crippen LogP contribution in [0.5, 0.6) is 0 Å². The van der Waals surface area contributed by atoms with Crippen molar-refractivity contribution in [3.63, 3.8) is 0 Å². The average molecular weight is 325 g/mol. The number of para-hydroxylation sites is 1. The van der Waals surface area contributed by atoms with Crippen LogP contribution in [0.3, 0.4) is 0 Å². The van der Waals surface area contributed by atoms with Crippen LogP contribution in [0, 0.1) is 5.92 Å². The lowest BCUT2D eigenvalue weighted by Crippen LogP contribution is -2.36. The van der Waals surface area contributed by atoms with Gasteiger partial charge in [-0.05, 0) is 29.2 Å². The zero-order valence-corrected chi connectivity index (χ0v) is 13.7. The van der Waals surface area contributed by atoms with Gasteiger partial charge < -0.3 is 4.81 Å². The van der Waals surface area contributed by atoms with Crippen LogP contribution >= 0.6 is 0 Å². The smallest absolute Gasteiger partial charge is 0.313 e. The molecule has 0 spiro atoms. The molecule has 1 unspecified atom stereocenters. The van der Waals surface area contributed by atoms with Gasteiger partial charge in [0.05, 0.1) is 0 Å². The molecule has 0 amide bonds. The number of hydrogen-bond acceptors (Lipinski definition) is 1. The molecular weight excluding hydrogens is 307 g/mol. The molecule has 0 fully saturated rings. The highest BCUT2D eigenvalue weighted by atomic mass is 19.2. The van der Waals surface area contributed by atoms with Gasteiger partial charge in [-0.2, -0.15) is 0 Å². The topological polar surface area (TPSA) is 28.0 Å². The molecule has 0 radical (unpaired) electrons. The molecule has 0 aromatic heterocycles. The Bertz CT molecular complexity index is 778. The van der Waals surface area contributed by atoms with Gasteiger partial charge in [0.25, 0.3) is 0 Å². The van der Waals surface area contributed by atoms with E-state index in [4.69, 9.17) is 0 Å². The number of anilines is 1. The molecule has 122 valence electrons. The van der Waals surface area contributed by atoms with E-state index in [-0.39, 0.29) is 5.92 Å². The number of allylic oxidation sites excluding steroid dienone is 5. The number of hydrogen-bond donors (Lipinski definition) is 0. The van der Waals surface area contributed by atoms with Gasteiger partial charge in [-0.3, -0.25) is 13.6 Å². The number of benzene rings is 1. The number of amidine groups is 2. The fourth-order valence-corrected chi connectivity index (χ4v) is 2.87. The third-order valence-corrected chi connectivity index (χ3v) is 4.17. The molecule has 3 nitrogen and oxygen atoms in total. The van der Waals surface area contributed by atoms with Gasteiger partial charge in [0, 0.05) is 19.2 Å². The van der Waals surface area contributed by atoms with E-state index in [1.807, 2.05) is 36.4 Å². The van der Waals surface area contributed by atoms with Crippen LogP contribution in [0.1, 0.15) is 12.5 Å². The van der Waals surface area contributed by atoms with Crippen LogP contribution in [-0.2, 0) is 6.42 Å². The molecule has 24 heavy (non-hydrogen) atoms. The van der Waals surface area contributed by atoms with Gasteiger partial charge in [0.2, 0.25) is 0 Å². The maximum absolute atomic E-state index is 13.5. The standard InChI is InChI=1S/C18H18BF2N3/c1-13-7-3-4-8-14(13)11-17(22-2)23-18-12-15-9-5-6-10-16(15)24(18)19(20)21/h3-11,13H,12H2,1-2H3/b14-11-,22-17-,23-18-. The van der Waals surface area contributed by atoms with E-state index in [0.717, 1.165) is 15.9 Å². The van der Waals surface area contributed by atoms with Crippen molar-refractivity contribution in [2.24, 2.45) is 15.9 Å². The molecule has 1 aliphatic heterocycles. The Hall–Kier alpha value is -2.50. The van der Waals surface area contributed by atoms with Crippen LogP contribution in [-0.4, -0.2) is 26.1 Å². The molecule has 2 aliphatic rings. The molecule has 1 atom stereocenters. The number of halogens is 2. The van der Waals surface area contributed by atoms with Gasteiger partial charge >= 0.3 is 7.40 Å². The van der Waals surface area contributed by atoms with Crippen molar-refractivity contribution in [2.45, 2.75) is 13.3 Å². The lowest BCUT2D eigenvalue weighted by molar-refractivity contribution is 0.660. The molecule has 0 bridgehead atoms. The molecule has 1 heterocycles. The van der Waals surface area contributed by atoms with E-state index in [0.29, 0.717) is 23.8 Å². The molecular formula is C18H18BF2N3. The van der Waals surface area contributed by atoms with Crippen molar-refractivity contribution in [3.8, 4) is 0 Å². The predicted molar refractivity (Wildman–Crippen MR) is 96.9 cm³/mol. The minimum Gasteiger partial charge on any atom is -0.313 e. The summed E-state index contributed by atoms with van der Waals surface area (Å²) in [6, 6.07) is 7.16. The van der Waals surface area contributed by atoms with Gasteiger partial charge in [0.15, 0.2) is 0 Å². The summed E-state index contributed by atoms with van der Waals surface area (Å²) in [6.07, 6.45) is 10.2. The lowest BCUT2D eigenvalue weighted by Gasteiger charge is -2.17. The first kappa shape index (κ1) is 16.4. The van der Waals surface area contributed by atoms with Crippen molar-refractivity contribution in [1.82, 2.24) is 0 Å². The van der Waals surface area contributed by atoms with Gasteiger partial charge in [-0.1, -0.05) is 49.4 Å². The average Bonchev–Trinajstić information content (AvgIpc) is 2.94. The highest BCUT2D eigenvalue weighted by Crippen LogP contribution is 2.31. The van der Waals surface area contributed by atoms with Gasteiger partial charge in [0.1, 0.15) is 11.7 Å². The third-order valence-electron chi connectivity index (χ3n) is 4.17. The van der Waals surface area contributed by atoms with Crippen LogP contribution in [0.25, 0.3) is 0 Å². The summed E-state index contributed by atoms with van der Waals surface area (Å²) in [5, 5.41) is 0. The molecule has 1 aromatic rings. The van der Waals surface area contributed by atoms with E-state index in [1.165, 1.54) is 0 Å². The van der Waals surface area contributed by atoms with Crippen molar-refractivity contribution in [3.05, 3.63) is 65.8 Å². The number of rotatable bonds is 2. The zero-order chi connectivity index (χ0) is 17.1. The second-order valence-corrected chi connectivity index (χ2v) is 5.74.